The van der Waals surface area contributed by atoms with Crippen molar-refractivity contribution in [2.24, 2.45) is 11.3 Å². The number of nitrogens with one attached hydrogen (secondary N) is 1. The molecule has 4 nitrogen and oxygen atoms in total. The fourth-order valence-electron chi connectivity index (χ4n) is 2.44. The molecule has 1 unspecified atom stereocenters. The highest BCUT2D eigenvalue weighted by Gasteiger charge is 2.41. The fourth-order valence-corrected chi connectivity index (χ4v) is 2.44. The lowest BCUT2D eigenvalue weighted by molar-refractivity contribution is -0.144. The molecule has 4 heteroatoms. The molecule has 21 heavy (non-hydrogen) atoms. The molecule has 1 atom stereocenters. The van der Waals surface area contributed by atoms with Crippen LogP contribution in [0.25, 0.3) is 0 Å². The Morgan fingerprint density at radius 1 is 1.14 bits per heavy atom. The molecule has 0 radical (unpaired) electrons. The second-order valence-corrected chi connectivity index (χ2v) is 7.90. The van der Waals surface area contributed by atoms with Crippen LogP contribution in [0.5, 0.6) is 0 Å². The van der Waals surface area contributed by atoms with E-state index in [2.05, 4.69) is 26.2 Å². The molecule has 4 N–H and O–H groups in total. The summed E-state index contributed by atoms with van der Waals surface area (Å²) >= 11 is 0. The van der Waals surface area contributed by atoms with Crippen molar-refractivity contribution in [3.05, 3.63) is 35.4 Å². The molecule has 0 aliphatic rings. The Labute approximate surface area is 127 Å². The van der Waals surface area contributed by atoms with Crippen LogP contribution in [0.2, 0.25) is 0 Å². The van der Waals surface area contributed by atoms with Crippen molar-refractivity contribution in [2.75, 3.05) is 0 Å². The molecule has 1 rings (SSSR count). The molecule has 118 valence electrons. The number of benzene rings is 1. The zero-order valence-electron chi connectivity index (χ0n) is 13.9. The monoisotopic (exact) mass is 292 g/mol. The highest BCUT2D eigenvalue weighted by Crippen LogP contribution is 2.36. The van der Waals surface area contributed by atoms with E-state index in [9.17, 15) is 9.90 Å². The van der Waals surface area contributed by atoms with Gasteiger partial charge in [0, 0.05) is 0 Å². The Morgan fingerprint density at radius 2 is 1.67 bits per heavy atom. The summed E-state index contributed by atoms with van der Waals surface area (Å²) in [5.41, 5.74) is 1.83. The fraction of sp³-hybridized carbons (Fsp3) is 0.588. The number of hydrogen-bond donors (Lipinski definition) is 3. The maximum absolute atomic E-state index is 12.2. The SMILES string of the molecule is CC(C)(C)CC(O)(C(=O)NN)c1cccc(C(C)(C)C)c1. The van der Waals surface area contributed by atoms with Gasteiger partial charge in [-0.2, -0.15) is 0 Å². The first-order valence-corrected chi connectivity index (χ1v) is 7.24. The second-order valence-electron chi connectivity index (χ2n) is 7.90. The van der Waals surface area contributed by atoms with E-state index < -0.39 is 11.5 Å². The van der Waals surface area contributed by atoms with E-state index in [0.717, 1.165) is 5.56 Å². The zero-order valence-corrected chi connectivity index (χ0v) is 13.9. The van der Waals surface area contributed by atoms with Crippen LogP contribution in [0.4, 0.5) is 0 Å². The molecule has 1 aromatic carbocycles. The first-order chi connectivity index (χ1) is 9.40. The zero-order chi connectivity index (χ0) is 16.5. The minimum absolute atomic E-state index is 0.0577. The van der Waals surface area contributed by atoms with Crippen LogP contribution < -0.4 is 11.3 Å². The Hall–Kier alpha value is -1.39. The van der Waals surface area contributed by atoms with Gasteiger partial charge in [-0.05, 0) is 28.4 Å². The summed E-state index contributed by atoms with van der Waals surface area (Å²) < 4.78 is 0. The molecule has 0 saturated carbocycles. The third-order valence-electron chi connectivity index (χ3n) is 3.50. The molecule has 0 aliphatic carbocycles. The molecule has 1 aromatic rings. The van der Waals surface area contributed by atoms with Crippen LogP contribution >= 0.6 is 0 Å². The van der Waals surface area contributed by atoms with Crippen LogP contribution in [0.1, 0.15) is 59.1 Å². The van der Waals surface area contributed by atoms with E-state index in [-0.39, 0.29) is 17.3 Å². The number of carbonyl (C=O) groups is 1. The number of rotatable bonds is 3. The van der Waals surface area contributed by atoms with Crippen LogP contribution in [0.15, 0.2) is 24.3 Å². The number of carbonyl (C=O) groups excluding carboxylic acids is 1. The molecule has 0 aromatic heterocycles. The number of aliphatic hydroxyl groups is 1. The molecule has 0 fully saturated rings. The summed E-state index contributed by atoms with van der Waals surface area (Å²) in [5, 5.41) is 11.0. The molecule has 0 bridgehead atoms. The predicted molar refractivity (Wildman–Crippen MR) is 85.4 cm³/mol. The van der Waals surface area contributed by atoms with Gasteiger partial charge in [-0.3, -0.25) is 10.2 Å². The number of hydrogen-bond acceptors (Lipinski definition) is 3. The lowest BCUT2D eigenvalue weighted by atomic mass is 9.76. The van der Waals surface area contributed by atoms with Crippen molar-refractivity contribution in [1.29, 1.82) is 0 Å². The van der Waals surface area contributed by atoms with Gasteiger partial charge in [-0.25, -0.2) is 5.84 Å². The minimum atomic E-state index is -1.63. The third kappa shape index (κ3) is 4.29. The Morgan fingerprint density at radius 3 is 2.10 bits per heavy atom. The smallest absolute Gasteiger partial charge is 0.270 e. The van der Waals surface area contributed by atoms with Crippen molar-refractivity contribution >= 4 is 5.91 Å². The maximum Gasteiger partial charge on any atom is 0.270 e. The summed E-state index contributed by atoms with van der Waals surface area (Å²) in [7, 11) is 0. The highest BCUT2D eigenvalue weighted by atomic mass is 16.3. The van der Waals surface area contributed by atoms with E-state index >= 15 is 0 Å². The largest absolute Gasteiger partial charge is 0.375 e. The molecule has 0 aliphatic heterocycles. The van der Waals surface area contributed by atoms with Crippen molar-refractivity contribution < 1.29 is 9.90 Å². The Bertz CT molecular complexity index is 512. The van der Waals surface area contributed by atoms with Gasteiger partial charge in [0.15, 0.2) is 5.60 Å². The Balaban J connectivity index is 3.37. The van der Waals surface area contributed by atoms with Crippen LogP contribution in [0, 0.1) is 5.41 Å². The summed E-state index contributed by atoms with van der Waals surface area (Å²) in [4.78, 5) is 12.2. The summed E-state index contributed by atoms with van der Waals surface area (Å²) in [5.74, 6) is 4.70. The van der Waals surface area contributed by atoms with E-state index in [1.807, 2.05) is 39.0 Å². The van der Waals surface area contributed by atoms with Crippen molar-refractivity contribution in [1.82, 2.24) is 5.43 Å². The standard InChI is InChI=1S/C17H28N2O2/c1-15(2,3)11-17(21,14(20)19-18)13-9-7-8-12(10-13)16(4,5)6/h7-10,21H,11,18H2,1-6H3,(H,19,20). The van der Waals surface area contributed by atoms with Gasteiger partial charge in [0.1, 0.15) is 0 Å². The van der Waals surface area contributed by atoms with Crippen LogP contribution in [-0.4, -0.2) is 11.0 Å². The minimum Gasteiger partial charge on any atom is -0.375 e. The summed E-state index contributed by atoms with van der Waals surface area (Å²) in [6, 6.07) is 7.53. The first kappa shape index (κ1) is 17.7. The average molecular weight is 292 g/mol. The maximum atomic E-state index is 12.2. The van der Waals surface area contributed by atoms with Gasteiger partial charge in [0.05, 0.1) is 0 Å². The molecule has 0 spiro atoms. The number of hydrazine groups is 1. The number of amides is 1. The Kier molecular flexibility index (Phi) is 4.86. The molecule has 0 saturated heterocycles. The average Bonchev–Trinajstić information content (AvgIpc) is 2.34. The van der Waals surface area contributed by atoms with E-state index in [1.54, 1.807) is 6.07 Å². The van der Waals surface area contributed by atoms with E-state index in [4.69, 9.17) is 5.84 Å². The first-order valence-electron chi connectivity index (χ1n) is 7.24. The van der Waals surface area contributed by atoms with Crippen molar-refractivity contribution in [3.63, 3.8) is 0 Å². The topological polar surface area (TPSA) is 75.3 Å². The lowest BCUT2D eigenvalue weighted by Gasteiger charge is -2.34. The van der Waals surface area contributed by atoms with Gasteiger partial charge >= 0.3 is 0 Å². The second kappa shape index (κ2) is 5.78. The van der Waals surface area contributed by atoms with Gasteiger partial charge in [0.25, 0.3) is 5.91 Å². The van der Waals surface area contributed by atoms with E-state index in [0.29, 0.717) is 5.56 Å². The lowest BCUT2D eigenvalue weighted by Crippen LogP contribution is -2.49. The van der Waals surface area contributed by atoms with Crippen LogP contribution in [0.3, 0.4) is 0 Å². The van der Waals surface area contributed by atoms with Crippen molar-refractivity contribution in [2.45, 2.75) is 59.0 Å². The quantitative estimate of drug-likeness (QED) is 0.455. The summed E-state index contributed by atoms with van der Waals surface area (Å²) in [6.07, 6.45) is 0.288. The number of nitrogens with two attached hydrogens (primary N) is 1. The van der Waals surface area contributed by atoms with Gasteiger partial charge in [0.2, 0.25) is 0 Å². The predicted octanol–water partition coefficient (Wildman–Crippen LogP) is 2.60. The molecule has 0 heterocycles. The van der Waals surface area contributed by atoms with Crippen LogP contribution in [-0.2, 0) is 15.8 Å². The third-order valence-corrected chi connectivity index (χ3v) is 3.50. The van der Waals surface area contributed by atoms with Crippen molar-refractivity contribution in [3.8, 4) is 0 Å². The summed E-state index contributed by atoms with van der Waals surface area (Å²) in [6.45, 7) is 12.2. The highest BCUT2D eigenvalue weighted by molar-refractivity contribution is 5.85. The molecular formula is C17H28N2O2. The van der Waals surface area contributed by atoms with Gasteiger partial charge in [-0.1, -0.05) is 65.8 Å². The molecular weight excluding hydrogens is 264 g/mol. The molecule has 1 amide bonds. The van der Waals surface area contributed by atoms with Gasteiger partial charge < -0.3 is 5.11 Å². The van der Waals surface area contributed by atoms with E-state index in [1.165, 1.54) is 0 Å². The normalized spacial score (nSPS) is 15.4. The van der Waals surface area contributed by atoms with Gasteiger partial charge in [-0.15, -0.1) is 0 Å².